The molecule has 3 aromatic rings. The molecule has 40 heavy (non-hydrogen) atoms. The van der Waals surface area contributed by atoms with Crippen LogP contribution in [0.25, 0.3) is 12.2 Å². The zero-order valence-corrected chi connectivity index (χ0v) is 23.6. The second-order valence-corrected chi connectivity index (χ2v) is 9.81. The van der Waals surface area contributed by atoms with Gasteiger partial charge in [-0.25, -0.2) is 14.5 Å². The third-order valence-electron chi connectivity index (χ3n) is 5.48. The van der Waals surface area contributed by atoms with Crippen LogP contribution in [0, 0.1) is 10.1 Å². The number of urea groups is 1. The van der Waals surface area contributed by atoms with Crippen molar-refractivity contribution >= 4 is 79.2 Å². The van der Waals surface area contributed by atoms with Crippen LogP contribution in [0.4, 0.5) is 16.2 Å². The van der Waals surface area contributed by atoms with Gasteiger partial charge in [0.25, 0.3) is 17.5 Å². The van der Waals surface area contributed by atoms with Gasteiger partial charge in [-0.2, -0.15) is 0 Å². The fourth-order valence-electron chi connectivity index (χ4n) is 3.65. The molecule has 3 aromatic carbocycles. The number of methoxy groups -OCH3 is 1. The average molecular weight is 671 g/mol. The lowest BCUT2D eigenvalue weighted by Crippen LogP contribution is -2.54. The van der Waals surface area contributed by atoms with Gasteiger partial charge in [0.15, 0.2) is 5.75 Å². The van der Waals surface area contributed by atoms with Crippen LogP contribution in [-0.2, 0) is 14.4 Å². The number of nitro groups is 1. The van der Waals surface area contributed by atoms with E-state index >= 15 is 0 Å². The maximum Gasteiger partial charge on any atom is 0.336 e. The topological polar surface area (TPSA) is 145 Å². The SMILES string of the molecule is COc1ccccc1N1C(=O)NC(=O)/C(=C/c2cc(Br)cc(Br)c2OC(=O)/C=C/c2ccc([N+](=O)[O-])cc2)C1=O. The second kappa shape index (κ2) is 12.1. The van der Waals surface area contributed by atoms with Crippen molar-refractivity contribution in [2.24, 2.45) is 0 Å². The van der Waals surface area contributed by atoms with Crippen molar-refractivity contribution in [3.05, 3.63) is 102 Å². The summed E-state index contributed by atoms with van der Waals surface area (Å²) in [6, 6.07) is 14.0. The molecule has 13 heteroatoms. The zero-order chi connectivity index (χ0) is 29.0. The Bertz CT molecular complexity index is 1620. The van der Waals surface area contributed by atoms with Crippen LogP contribution in [-0.4, -0.2) is 35.8 Å². The largest absolute Gasteiger partial charge is 0.495 e. The van der Waals surface area contributed by atoms with Crippen molar-refractivity contribution in [2.45, 2.75) is 0 Å². The quantitative estimate of drug-likeness (QED) is 0.0877. The number of halogens is 2. The Balaban J connectivity index is 1.66. The predicted molar refractivity (Wildman–Crippen MR) is 152 cm³/mol. The van der Waals surface area contributed by atoms with Crippen molar-refractivity contribution in [2.75, 3.05) is 12.0 Å². The number of rotatable bonds is 7. The maximum atomic E-state index is 13.4. The highest BCUT2D eigenvalue weighted by Gasteiger charge is 2.38. The van der Waals surface area contributed by atoms with Crippen LogP contribution in [0.1, 0.15) is 11.1 Å². The number of carbonyl (C=O) groups is 4. The molecule has 0 atom stereocenters. The maximum absolute atomic E-state index is 13.4. The molecule has 1 saturated heterocycles. The van der Waals surface area contributed by atoms with Crippen LogP contribution in [0.5, 0.6) is 11.5 Å². The van der Waals surface area contributed by atoms with E-state index in [0.717, 1.165) is 11.0 Å². The Hall–Kier alpha value is -4.62. The molecule has 1 heterocycles. The lowest BCUT2D eigenvalue weighted by molar-refractivity contribution is -0.384. The second-order valence-electron chi connectivity index (χ2n) is 8.04. The molecule has 0 aromatic heterocycles. The van der Waals surface area contributed by atoms with Gasteiger partial charge in [0.05, 0.1) is 22.2 Å². The summed E-state index contributed by atoms with van der Waals surface area (Å²) in [5.74, 6) is -2.42. The standard InChI is InChI=1S/C27H17Br2N3O8/c1-39-22-5-3-2-4-21(22)31-26(35)19(25(34)30-27(31)36)13-16-12-17(28)14-20(29)24(16)40-23(33)11-8-15-6-9-18(10-7-15)32(37)38/h2-14H,1H3,(H,30,34,36)/b11-8+,19-13-. The fraction of sp³-hybridized carbons (Fsp3) is 0.0370. The Morgan fingerprint density at radius 2 is 1.75 bits per heavy atom. The molecule has 0 saturated carbocycles. The van der Waals surface area contributed by atoms with Gasteiger partial charge < -0.3 is 9.47 Å². The summed E-state index contributed by atoms with van der Waals surface area (Å²) < 4.78 is 11.6. The van der Waals surface area contributed by atoms with Crippen molar-refractivity contribution < 1.29 is 33.6 Å². The van der Waals surface area contributed by atoms with Crippen LogP contribution in [0.15, 0.2) is 81.3 Å². The molecule has 0 radical (unpaired) electrons. The smallest absolute Gasteiger partial charge is 0.336 e. The third-order valence-corrected chi connectivity index (χ3v) is 6.53. The molecular formula is C27H17Br2N3O8. The van der Waals surface area contributed by atoms with E-state index in [1.807, 2.05) is 0 Å². The first-order valence-corrected chi connectivity index (χ1v) is 12.9. The highest BCUT2D eigenvalue weighted by Crippen LogP contribution is 2.36. The molecular weight excluding hydrogens is 654 g/mol. The van der Waals surface area contributed by atoms with E-state index < -0.39 is 34.3 Å². The molecule has 1 aliphatic rings. The van der Waals surface area contributed by atoms with Crippen molar-refractivity contribution in [3.63, 3.8) is 0 Å². The molecule has 1 N–H and O–H groups in total. The molecule has 1 fully saturated rings. The minimum atomic E-state index is -0.949. The molecule has 0 unspecified atom stereocenters. The first-order valence-electron chi connectivity index (χ1n) is 11.3. The monoisotopic (exact) mass is 669 g/mol. The first-order chi connectivity index (χ1) is 19.1. The minimum absolute atomic E-state index is 0.00427. The molecule has 11 nitrogen and oxygen atoms in total. The number of ether oxygens (including phenoxy) is 2. The molecule has 4 rings (SSSR count). The van der Waals surface area contributed by atoms with Crippen molar-refractivity contribution in [1.29, 1.82) is 0 Å². The minimum Gasteiger partial charge on any atom is -0.495 e. The number of nitrogens with one attached hydrogen (secondary N) is 1. The molecule has 0 aliphatic carbocycles. The van der Waals surface area contributed by atoms with Crippen LogP contribution in [0.2, 0.25) is 0 Å². The summed E-state index contributed by atoms with van der Waals surface area (Å²) in [6.45, 7) is 0. The van der Waals surface area contributed by atoms with E-state index in [2.05, 4.69) is 37.2 Å². The highest BCUT2D eigenvalue weighted by molar-refractivity contribution is 9.11. The first kappa shape index (κ1) is 28.4. The summed E-state index contributed by atoms with van der Waals surface area (Å²) in [5.41, 5.74) is 0.332. The third kappa shape index (κ3) is 6.16. The predicted octanol–water partition coefficient (Wildman–Crippen LogP) is 5.41. The van der Waals surface area contributed by atoms with E-state index in [-0.39, 0.29) is 28.4 Å². The number of carbonyl (C=O) groups excluding carboxylic acids is 4. The van der Waals surface area contributed by atoms with Crippen LogP contribution >= 0.6 is 31.9 Å². The van der Waals surface area contributed by atoms with Gasteiger partial charge >= 0.3 is 12.0 Å². The fourth-order valence-corrected chi connectivity index (χ4v) is 4.99. The normalized spacial score (nSPS) is 14.4. The van der Waals surface area contributed by atoms with Gasteiger partial charge in [-0.3, -0.25) is 25.0 Å². The van der Waals surface area contributed by atoms with Gasteiger partial charge in [-0.15, -0.1) is 0 Å². The summed E-state index contributed by atoms with van der Waals surface area (Å²) in [5, 5.41) is 13.0. The number of amides is 4. The number of hydrogen-bond donors (Lipinski definition) is 1. The number of anilines is 1. The van der Waals surface area contributed by atoms with Crippen LogP contribution < -0.4 is 19.7 Å². The number of barbiturate groups is 1. The number of para-hydroxylation sites is 2. The average Bonchev–Trinajstić information content (AvgIpc) is 2.92. The Morgan fingerprint density at radius 3 is 2.42 bits per heavy atom. The van der Waals surface area contributed by atoms with E-state index in [4.69, 9.17) is 9.47 Å². The number of non-ortho nitro benzene ring substituents is 1. The van der Waals surface area contributed by atoms with Crippen molar-refractivity contribution in [1.82, 2.24) is 5.32 Å². The summed E-state index contributed by atoms with van der Waals surface area (Å²) in [4.78, 5) is 62.4. The zero-order valence-electron chi connectivity index (χ0n) is 20.4. The van der Waals surface area contributed by atoms with Gasteiger partial charge in [0.1, 0.15) is 11.3 Å². The van der Waals surface area contributed by atoms with E-state index in [9.17, 15) is 29.3 Å². The Morgan fingerprint density at radius 1 is 1.05 bits per heavy atom. The summed E-state index contributed by atoms with van der Waals surface area (Å²) in [7, 11) is 1.38. The molecule has 0 bridgehead atoms. The number of nitro benzene ring substituents is 1. The summed E-state index contributed by atoms with van der Waals surface area (Å²) in [6.07, 6.45) is 3.73. The van der Waals surface area contributed by atoms with Crippen LogP contribution in [0.3, 0.4) is 0 Å². The highest BCUT2D eigenvalue weighted by atomic mass is 79.9. The van der Waals surface area contributed by atoms with Gasteiger partial charge in [0, 0.05) is 28.2 Å². The van der Waals surface area contributed by atoms with Gasteiger partial charge in [0.2, 0.25) is 0 Å². The van der Waals surface area contributed by atoms with Gasteiger partial charge in [-0.1, -0.05) is 28.1 Å². The number of nitrogens with zero attached hydrogens (tertiary/aromatic N) is 2. The lowest BCUT2D eigenvalue weighted by Gasteiger charge is -2.27. The molecule has 202 valence electrons. The van der Waals surface area contributed by atoms with E-state index in [1.54, 1.807) is 24.3 Å². The molecule has 1 aliphatic heterocycles. The Labute approximate surface area is 243 Å². The van der Waals surface area contributed by atoms with Gasteiger partial charge in [-0.05, 0) is 70.0 Å². The number of esters is 1. The lowest BCUT2D eigenvalue weighted by atomic mass is 10.1. The Kier molecular flexibility index (Phi) is 8.55. The van der Waals surface area contributed by atoms with E-state index in [1.165, 1.54) is 55.7 Å². The summed E-state index contributed by atoms with van der Waals surface area (Å²) >= 11 is 6.66. The number of imide groups is 2. The number of benzene rings is 3. The number of hydrogen-bond acceptors (Lipinski definition) is 8. The van der Waals surface area contributed by atoms with E-state index in [0.29, 0.717) is 14.5 Å². The molecule has 4 amide bonds. The van der Waals surface area contributed by atoms with Crippen molar-refractivity contribution in [3.8, 4) is 11.5 Å². The molecule has 0 spiro atoms.